The first-order chi connectivity index (χ1) is 9.38. The molecule has 0 aromatic heterocycles. The lowest BCUT2D eigenvalue weighted by atomic mass is 10.1. The van der Waals surface area contributed by atoms with Crippen LogP contribution in [0.3, 0.4) is 0 Å². The lowest BCUT2D eigenvalue weighted by molar-refractivity contribution is 0.0527. The molecule has 0 saturated carbocycles. The minimum atomic E-state index is -0.451. The number of aliphatic hydroxyl groups excluding tert-OH is 1. The van der Waals surface area contributed by atoms with Crippen molar-refractivity contribution in [2.75, 3.05) is 19.7 Å². The molecule has 0 bridgehead atoms. The number of β-amino-alcohol motifs (C(OH)–C–C–N with tert-alkyl or cyclic N) is 1. The largest absolute Gasteiger partial charge is 0.445 e. The molecule has 0 aliphatic carbocycles. The number of amides is 1. The number of allylic oxidation sites excluding steroid dienone is 3. The maximum atomic E-state index is 11.9. The summed E-state index contributed by atoms with van der Waals surface area (Å²) in [6.07, 6.45) is 4.26. The zero-order valence-corrected chi connectivity index (χ0v) is 12.3. The average Bonchev–Trinajstić information content (AvgIpc) is 2.34. The highest BCUT2D eigenvalue weighted by Gasteiger charge is 2.23. The number of nitrogens with two attached hydrogens (primary N) is 1. The molecule has 5 nitrogen and oxygen atoms in total. The van der Waals surface area contributed by atoms with Crippen molar-refractivity contribution >= 4 is 6.09 Å². The minimum Gasteiger partial charge on any atom is -0.445 e. The molecule has 0 aromatic carbocycles. The Morgan fingerprint density at radius 3 is 2.75 bits per heavy atom. The van der Waals surface area contributed by atoms with Gasteiger partial charge in [-0.15, -0.1) is 0 Å². The maximum Gasteiger partial charge on any atom is 0.410 e. The monoisotopic (exact) mass is 280 g/mol. The topological polar surface area (TPSA) is 75.8 Å². The Hall–Kier alpha value is -1.75. The van der Waals surface area contributed by atoms with Crippen LogP contribution in [0, 0.1) is 0 Å². The molecule has 1 aliphatic rings. The molecule has 1 aliphatic heterocycles. The lowest BCUT2D eigenvalue weighted by Gasteiger charge is -2.29. The molecule has 0 radical (unpaired) electrons. The van der Waals surface area contributed by atoms with Gasteiger partial charge in [-0.05, 0) is 38.3 Å². The predicted octanol–water partition coefficient (Wildman–Crippen LogP) is 1.94. The van der Waals surface area contributed by atoms with Gasteiger partial charge in [-0.3, -0.25) is 0 Å². The van der Waals surface area contributed by atoms with Crippen LogP contribution in [-0.2, 0) is 4.74 Å². The quantitative estimate of drug-likeness (QED) is 0.772. The highest BCUT2D eigenvalue weighted by Crippen LogP contribution is 2.12. The SMILES string of the molecule is C=C(C)/C=C(\C=C(\C)N)COC(=O)N1CCC[C@H](O)C1. The van der Waals surface area contributed by atoms with E-state index in [1.54, 1.807) is 13.0 Å². The van der Waals surface area contributed by atoms with Gasteiger partial charge >= 0.3 is 6.09 Å². The van der Waals surface area contributed by atoms with E-state index < -0.39 is 12.2 Å². The number of aliphatic hydroxyl groups is 1. The summed E-state index contributed by atoms with van der Waals surface area (Å²) in [5.74, 6) is 0. The minimum absolute atomic E-state index is 0.146. The van der Waals surface area contributed by atoms with Crippen LogP contribution >= 0.6 is 0 Å². The van der Waals surface area contributed by atoms with E-state index in [-0.39, 0.29) is 6.61 Å². The molecule has 1 rings (SSSR count). The predicted molar refractivity (Wildman–Crippen MR) is 79.0 cm³/mol. The van der Waals surface area contributed by atoms with E-state index in [2.05, 4.69) is 6.58 Å². The van der Waals surface area contributed by atoms with Crippen LogP contribution in [0.15, 0.2) is 35.6 Å². The fraction of sp³-hybridized carbons (Fsp3) is 0.533. The van der Waals surface area contributed by atoms with Crippen LogP contribution in [0.1, 0.15) is 26.7 Å². The number of likely N-dealkylation sites (tertiary alicyclic amines) is 1. The maximum absolute atomic E-state index is 11.9. The van der Waals surface area contributed by atoms with Gasteiger partial charge in [0, 0.05) is 18.8 Å². The molecule has 5 heteroatoms. The molecule has 1 amide bonds. The highest BCUT2D eigenvalue weighted by atomic mass is 16.6. The van der Waals surface area contributed by atoms with Gasteiger partial charge in [-0.2, -0.15) is 0 Å². The molecule has 0 aromatic rings. The van der Waals surface area contributed by atoms with E-state index >= 15 is 0 Å². The first kappa shape index (κ1) is 16.3. The number of carbonyl (C=O) groups excluding carboxylic acids is 1. The zero-order valence-electron chi connectivity index (χ0n) is 12.3. The summed E-state index contributed by atoms with van der Waals surface area (Å²) in [4.78, 5) is 13.4. The number of hydrogen-bond acceptors (Lipinski definition) is 4. The van der Waals surface area contributed by atoms with E-state index in [9.17, 15) is 9.90 Å². The Kier molecular flexibility index (Phi) is 6.31. The van der Waals surface area contributed by atoms with E-state index in [1.807, 2.05) is 13.0 Å². The third-order valence-electron chi connectivity index (χ3n) is 2.86. The first-order valence-corrected chi connectivity index (χ1v) is 6.78. The number of ether oxygens (including phenoxy) is 1. The van der Waals surface area contributed by atoms with Gasteiger partial charge in [0.15, 0.2) is 0 Å². The van der Waals surface area contributed by atoms with Crippen molar-refractivity contribution in [1.29, 1.82) is 0 Å². The Balaban J connectivity index is 2.56. The van der Waals surface area contributed by atoms with Crippen molar-refractivity contribution in [2.45, 2.75) is 32.8 Å². The van der Waals surface area contributed by atoms with Crippen LogP contribution < -0.4 is 5.73 Å². The van der Waals surface area contributed by atoms with E-state index in [1.165, 1.54) is 4.90 Å². The van der Waals surface area contributed by atoms with Crippen molar-refractivity contribution < 1.29 is 14.6 Å². The number of piperidine rings is 1. The summed E-state index contributed by atoms with van der Waals surface area (Å²) in [7, 11) is 0. The molecule has 0 unspecified atom stereocenters. The summed E-state index contributed by atoms with van der Waals surface area (Å²) in [6, 6.07) is 0. The molecule has 0 spiro atoms. The van der Waals surface area contributed by atoms with Crippen molar-refractivity contribution in [3.05, 3.63) is 35.6 Å². The zero-order chi connectivity index (χ0) is 15.1. The van der Waals surface area contributed by atoms with Crippen molar-refractivity contribution in [2.24, 2.45) is 5.73 Å². The van der Waals surface area contributed by atoms with Crippen molar-refractivity contribution in [3.8, 4) is 0 Å². The average molecular weight is 280 g/mol. The molecule has 1 heterocycles. The van der Waals surface area contributed by atoms with Crippen LogP contribution in [0.25, 0.3) is 0 Å². The Bertz CT molecular complexity index is 423. The van der Waals surface area contributed by atoms with Crippen LogP contribution in [0.2, 0.25) is 0 Å². The van der Waals surface area contributed by atoms with E-state index in [4.69, 9.17) is 10.5 Å². The summed E-state index contributed by atoms with van der Waals surface area (Å²) in [5.41, 5.74) is 7.94. The lowest BCUT2D eigenvalue weighted by Crippen LogP contribution is -2.42. The molecule has 1 atom stereocenters. The van der Waals surface area contributed by atoms with E-state index in [0.29, 0.717) is 18.8 Å². The number of hydrogen-bond donors (Lipinski definition) is 2. The fourth-order valence-electron chi connectivity index (χ4n) is 2.09. The van der Waals surface area contributed by atoms with Gasteiger partial charge in [0.2, 0.25) is 0 Å². The Morgan fingerprint density at radius 2 is 2.20 bits per heavy atom. The smallest absolute Gasteiger partial charge is 0.410 e. The van der Waals surface area contributed by atoms with Gasteiger partial charge in [-0.1, -0.05) is 18.2 Å². The standard InChI is InChI=1S/C15H24N2O3/c1-11(2)7-13(8-12(3)16)10-20-15(19)17-6-4-5-14(18)9-17/h7-8,14,18H,1,4-6,9-10,16H2,2-3H3/b12-8-,13-7+/t14-/m0/s1. The second kappa shape index (κ2) is 7.75. The van der Waals surface area contributed by atoms with Crippen LogP contribution in [0.5, 0.6) is 0 Å². The second-order valence-corrected chi connectivity index (χ2v) is 5.25. The molecule has 1 saturated heterocycles. The second-order valence-electron chi connectivity index (χ2n) is 5.25. The normalized spacial score (nSPS) is 20.8. The molecule has 112 valence electrons. The molecule has 3 N–H and O–H groups in total. The summed E-state index contributed by atoms with van der Waals surface area (Å²) < 4.78 is 5.26. The van der Waals surface area contributed by atoms with Crippen LogP contribution in [-0.4, -0.2) is 41.9 Å². The first-order valence-electron chi connectivity index (χ1n) is 6.78. The molecule has 20 heavy (non-hydrogen) atoms. The highest BCUT2D eigenvalue weighted by molar-refractivity contribution is 5.68. The van der Waals surface area contributed by atoms with Crippen molar-refractivity contribution in [3.63, 3.8) is 0 Å². The number of rotatable bonds is 4. The summed E-state index contributed by atoms with van der Waals surface area (Å²) >= 11 is 0. The summed E-state index contributed by atoms with van der Waals surface area (Å²) in [5, 5.41) is 9.55. The van der Waals surface area contributed by atoms with Gasteiger partial charge in [0.1, 0.15) is 6.61 Å². The number of carbonyl (C=O) groups is 1. The van der Waals surface area contributed by atoms with Gasteiger partial charge in [0.25, 0.3) is 0 Å². The molecule has 1 fully saturated rings. The van der Waals surface area contributed by atoms with Crippen molar-refractivity contribution in [1.82, 2.24) is 4.90 Å². The van der Waals surface area contributed by atoms with Gasteiger partial charge in [0.05, 0.1) is 6.10 Å². The summed E-state index contributed by atoms with van der Waals surface area (Å²) in [6.45, 7) is 8.54. The third-order valence-corrected chi connectivity index (χ3v) is 2.86. The van der Waals surface area contributed by atoms with Gasteiger partial charge < -0.3 is 20.5 Å². The fourth-order valence-corrected chi connectivity index (χ4v) is 2.09. The Morgan fingerprint density at radius 1 is 1.50 bits per heavy atom. The molecular weight excluding hydrogens is 256 g/mol. The Labute approximate surface area is 120 Å². The van der Waals surface area contributed by atoms with Crippen LogP contribution in [0.4, 0.5) is 4.79 Å². The van der Waals surface area contributed by atoms with E-state index in [0.717, 1.165) is 24.0 Å². The number of nitrogens with zero attached hydrogens (tertiary/aromatic N) is 1. The third kappa shape index (κ3) is 5.93. The van der Waals surface area contributed by atoms with Gasteiger partial charge in [-0.25, -0.2) is 4.79 Å². The molecular formula is C15H24N2O3.